The van der Waals surface area contributed by atoms with Gasteiger partial charge < -0.3 is 0 Å². The average molecular weight is 244 g/mol. The van der Waals surface area contributed by atoms with E-state index in [9.17, 15) is 17.6 Å². The van der Waals surface area contributed by atoms with Crippen molar-refractivity contribution in [2.45, 2.75) is 25.7 Å². The van der Waals surface area contributed by atoms with Crippen LogP contribution in [0.3, 0.4) is 0 Å². The number of benzene rings is 1. The summed E-state index contributed by atoms with van der Waals surface area (Å²) in [4.78, 5) is 0. The monoisotopic (exact) mass is 244 g/mol. The zero-order valence-electron chi connectivity index (χ0n) is 9.31. The third kappa shape index (κ3) is 2.35. The molecule has 0 aliphatic heterocycles. The van der Waals surface area contributed by atoms with Crippen LogP contribution in [0.25, 0.3) is 0 Å². The average Bonchev–Trinajstić information content (AvgIpc) is 2.25. The quantitative estimate of drug-likeness (QED) is 0.505. The number of allylic oxidation sites excluding steroid dienone is 2. The second-order valence-corrected chi connectivity index (χ2v) is 4.46. The Bertz CT molecular complexity index is 441. The van der Waals surface area contributed by atoms with Gasteiger partial charge in [-0.05, 0) is 42.5 Å². The molecule has 1 aliphatic rings. The van der Waals surface area contributed by atoms with E-state index in [4.69, 9.17) is 0 Å². The van der Waals surface area contributed by atoms with Gasteiger partial charge >= 0.3 is 0 Å². The van der Waals surface area contributed by atoms with E-state index >= 15 is 0 Å². The number of hydrogen-bond acceptors (Lipinski definition) is 0. The van der Waals surface area contributed by atoms with Gasteiger partial charge in [-0.1, -0.05) is 6.92 Å². The lowest BCUT2D eigenvalue weighted by molar-refractivity contribution is 0.422. The van der Waals surface area contributed by atoms with E-state index in [1.807, 2.05) is 6.92 Å². The summed E-state index contributed by atoms with van der Waals surface area (Å²) >= 11 is 0. The summed E-state index contributed by atoms with van der Waals surface area (Å²) in [6.07, 6.45) is 2.68. The van der Waals surface area contributed by atoms with Crippen molar-refractivity contribution in [1.82, 2.24) is 0 Å². The molecule has 0 bridgehead atoms. The molecule has 0 saturated heterocycles. The van der Waals surface area contributed by atoms with Crippen molar-refractivity contribution in [3.63, 3.8) is 0 Å². The Balaban J connectivity index is 2.38. The Kier molecular flexibility index (Phi) is 3.22. The first-order chi connectivity index (χ1) is 7.99. The van der Waals surface area contributed by atoms with Crippen molar-refractivity contribution in [3.05, 3.63) is 47.1 Å². The summed E-state index contributed by atoms with van der Waals surface area (Å²) in [6.45, 7) is 1.88. The summed E-state index contributed by atoms with van der Waals surface area (Å²) in [6, 6.07) is 1.74. The molecular weight excluding hydrogens is 232 g/mol. The lowest BCUT2D eigenvalue weighted by Gasteiger charge is -2.23. The Hall–Kier alpha value is -1.32. The molecule has 2 atom stereocenters. The molecule has 0 spiro atoms. The molecule has 0 N–H and O–H groups in total. The van der Waals surface area contributed by atoms with E-state index in [-0.39, 0.29) is 11.5 Å². The van der Waals surface area contributed by atoms with E-state index in [0.717, 1.165) is 18.6 Å². The highest BCUT2D eigenvalue weighted by atomic mass is 19.2. The topological polar surface area (TPSA) is 0 Å². The van der Waals surface area contributed by atoms with Gasteiger partial charge in [0, 0.05) is 5.92 Å². The van der Waals surface area contributed by atoms with Crippen molar-refractivity contribution in [2.75, 3.05) is 0 Å². The summed E-state index contributed by atoms with van der Waals surface area (Å²) in [7, 11) is 0. The standard InChI is InChI=1S/C13H12F4/c1-7-2-3-9(10(14)4-7)8-5-11(15)13(17)12(16)6-8/h4-7,9H,2-3H2,1H3. The Morgan fingerprint density at radius 1 is 1.00 bits per heavy atom. The summed E-state index contributed by atoms with van der Waals surface area (Å²) in [5, 5.41) is 0. The molecule has 0 radical (unpaired) electrons. The minimum absolute atomic E-state index is 0.126. The smallest absolute Gasteiger partial charge is 0.194 e. The second kappa shape index (κ2) is 4.51. The highest BCUT2D eigenvalue weighted by Crippen LogP contribution is 2.37. The molecule has 17 heavy (non-hydrogen) atoms. The van der Waals surface area contributed by atoms with Crippen LogP contribution in [0.1, 0.15) is 31.2 Å². The van der Waals surface area contributed by atoms with Crippen molar-refractivity contribution >= 4 is 0 Å². The van der Waals surface area contributed by atoms with Gasteiger partial charge in [-0.2, -0.15) is 0 Å². The van der Waals surface area contributed by atoms with Crippen LogP contribution in [-0.2, 0) is 0 Å². The summed E-state index contributed by atoms with van der Waals surface area (Å²) in [5.41, 5.74) is 0.155. The first kappa shape index (κ1) is 12.1. The van der Waals surface area contributed by atoms with E-state index in [2.05, 4.69) is 0 Å². The van der Waals surface area contributed by atoms with Crippen LogP contribution >= 0.6 is 0 Å². The molecule has 0 saturated carbocycles. The highest BCUT2D eigenvalue weighted by molar-refractivity contribution is 5.29. The molecule has 2 unspecified atom stereocenters. The molecule has 0 aromatic heterocycles. The zero-order valence-corrected chi connectivity index (χ0v) is 9.31. The van der Waals surface area contributed by atoms with Gasteiger partial charge in [0.25, 0.3) is 0 Å². The molecule has 1 aromatic rings. The van der Waals surface area contributed by atoms with E-state index in [1.54, 1.807) is 0 Å². The molecule has 0 nitrogen and oxygen atoms in total. The minimum atomic E-state index is -1.51. The molecule has 0 heterocycles. The van der Waals surface area contributed by atoms with Gasteiger partial charge in [-0.25, -0.2) is 17.6 Å². The largest absolute Gasteiger partial charge is 0.211 e. The minimum Gasteiger partial charge on any atom is -0.211 e. The molecule has 0 amide bonds. The van der Waals surface area contributed by atoms with Crippen LogP contribution in [0.5, 0.6) is 0 Å². The Morgan fingerprint density at radius 3 is 2.12 bits per heavy atom. The summed E-state index contributed by atoms with van der Waals surface area (Å²) < 4.78 is 52.5. The molecule has 2 rings (SSSR count). The molecule has 92 valence electrons. The molecule has 0 fully saturated rings. The molecular formula is C13H12F4. The predicted molar refractivity (Wildman–Crippen MR) is 56.6 cm³/mol. The molecule has 1 aliphatic carbocycles. The Morgan fingerprint density at radius 2 is 1.59 bits per heavy atom. The van der Waals surface area contributed by atoms with Crippen LogP contribution in [-0.4, -0.2) is 0 Å². The van der Waals surface area contributed by atoms with Gasteiger partial charge in [-0.3, -0.25) is 0 Å². The van der Waals surface area contributed by atoms with E-state index < -0.39 is 29.2 Å². The van der Waals surface area contributed by atoms with Crippen LogP contribution in [0.2, 0.25) is 0 Å². The highest BCUT2D eigenvalue weighted by Gasteiger charge is 2.25. The lowest BCUT2D eigenvalue weighted by Crippen LogP contribution is -2.10. The third-order valence-corrected chi connectivity index (χ3v) is 3.10. The van der Waals surface area contributed by atoms with Crippen molar-refractivity contribution in [3.8, 4) is 0 Å². The fourth-order valence-corrected chi connectivity index (χ4v) is 2.14. The maximum atomic E-state index is 13.7. The zero-order chi connectivity index (χ0) is 12.6. The predicted octanol–water partition coefficient (Wildman–Crippen LogP) is 4.47. The Labute approximate surface area is 97.0 Å². The first-order valence-electron chi connectivity index (χ1n) is 5.50. The van der Waals surface area contributed by atoms with Gasteiger partial charge in [0.15, 0.2) is 17.5 Å². The van der Waals surface area contributed by atoms with Gasteiger partial charge in [0.05, 0.1) is 0 Å². The number of halogens is 4. The lowest BCUT2D eigenvalue weighted by atomic mass is 9.84. The SMILES string of the molecule is CC1C=C(F)C(c2cc(F)c(F)c(F)c2)CC1. The fraction of sp³-hybridized carbons (Fsp3) is 0.385. The maximum absolute atomic E-state index is 13.7. The number of rotatable bonds is 1. The van der Waals surface area contributed by atoms with Crippen molar-refractivity contribution in [1.29, 1.82) is 0 Å². The first-order valence-corrected chi connectivity index (χ1v) is 5.50. The van der Waals surface area contributed by atoms with Crippen molar-refractivity contribution in [2.24, 2.45) is 5.92 Å². The fourth-order valence-electron chi connectivity index (χ4n) is 2.14. The van der Waals surface area contributed by atoms with Crippen LogP contribution < -0.4 is 0 Å². The maximum Gasteiger partial charge on any atom is 0.194 e. The van der Waals surface area contributed by atoms with Gasteiger partial charge in [0.2, 0.25) is 0 Å². The summed E-state index contributed by atoms with van der Waals surface area (Å²) in [5.74, 6) is -4.98. The van der Waals surface area contributed by atoms with E-state index in [1.165, 1.54) is 6.08 Å². The van der Waals surface area contributed by atoms with E-state index in [0.29, 0.717) is 6.42 Å². The number of hydrogen-bond donors (Lipinski definition) is 0. The van der Waals surface area contributed by atoms with Gasteiger partial charge in [-0.15, -0.1) is 0 Å². The molecule has 4 heteroatoms. The molecule has 1 aromatic carbocycles. The van der Waals surface area contributed by atoms with Crippen molar-refractivity contribution < 1.29 is 17.6 Å². The normalized spacial score (nSPS) is 24.6. The van der Waals surface area contributed by atoms with Gasteiger partial charge in [0.1, 0.15) is 5.83 Å². The second-order valence-electron chi connectivity index (χ2n) is 4.46. The third-order valence-electron chi connectivity index (χ3n) is 3.10. The van der Waals surface area contributed by atoms with Crippen LogP contribution in [0.15, 0.2) is 24.0 Å². The van der Waals surface area contributed by atoms with Crippen LogP contribution in [0, 0.1) is 23.4 Å². The van der Waals surface area contributed by atoms with Crippen LogP contribution in [0.4, 0.5) is 17.6 Å².